The number of thioether (sulfide) groups is 1. The van der Waals surface area contributed by atoms with Crippen LogP contribution < -0.4 is 5.32 Å². The first-order valence-electron chi connectivity index (χ1n) is 8.91. The van der Waals surface area contributed by atoms with E-state index in [-0.39, 0.29) is 11.4 Å². The van der Waals surface area contributed by atoms with E-state index in [9.17, 15) is 18.0 Å². The SMILES string of the molecule is O=C(CSc1ncccc1-c1nc2ccccc2[nH]1)Nc1ccccc1C(F)(F)F. The third kappa shape index (κ3) is 4.30. The first-order chi connectivity index (χ1) is 14.4. The highest BCUT2D eigenvalue weighted by Gasteiger charge is 2.33. The number of hydrogen-bond donors (Lipinski definition) is 2. The molecule has 2 aromatic heterocycles. The summed E-state index contributed by atoms with van der Waals surface area (Å²) in [5.41, 5.74) is 1.23. The van der Waals surface area contributed by atoms with Gasteiger partial charge < -0.3 is 10.3 Å². The number of carbonyl (C=O) groups is 1. The van der Waals surface area contributed by atoms with E-state index in [1.165, 1.54) is 18.2 Å². The molecular weight excluding hydrogens is 413 g/mol. The van der Waals surface area contributed by atoms with Gasteiger partial charge in [0.15, 0.2) is 0 Å². The van der Waals surface area contributed by atoms with Crippen LogP contribution in [0.2, 0.25) is 0 Å². The second-order valence-electron chi connectivity index (χ2n) is 6.34. The number of imidazole rings is 1. The largest absolute Gasteiger partial charge is 0.418 e. The third-order valence-corrected chi connectivity index (χ3v) is 5.27. The highest BCUT2D eigenvalue weighted by Crippen LogP contribution is 2.35. The Morgan fingerprint density at radius 1 is 1.03 bits per heavy atom. The molecule has 4 rings (SSSR count). The number of carbonyl (C=O) groups excluding carboxylic acids is 1. The average Bonchev–Trinajstić information content (AvgIpc) is 3.16. The van der Waals surface area contributed by atoms with E-state index in [1.807, 2.05) is 30.3 Å². The third-order valence-electron chi connectivity index (χ3n) is 4.26. The molecule has 1 amide bonds. The average molecular weight is 428 g/mol. The van der Waals surface area contributed by atoms with Gasteiger partial charge in [-0.25, -0.2) is 9.97 Å². The van der Waals surface area contributed by atoms with Crippen LogP contribution >= 0.6 is 11.8 Å². The van der Waals surface area contributed by atoms with Gasteiger partial charge >= 0.3 is 6.18 Å². The number of benzene rings is 2. The lowest BCUT2D eigenvalue weighted by Crippen LogP contribution is -2.18. The molecule has 0 atom stereocenters. The maximum atomic E-state index is 13.1. The van der Waals surface area contributed by atoms with Gasteiger partial charge in [0.1, 0.15) is 10.9 Å². The predicted molar refractivity (Wildman–Crippen MR) is 110 cm³/mol. The molecule has 5 nitrogen and oxygen atoms in total. The van der Waals surface area contributed by atoms with Gasteiger partial charge in [-0.05, 0) is 36.4 Å². The van der Waals surface area contributed by atoms with Crippen LogP contribution in [0.5, 0.6) is 0 Å². The number of para-hydroxylation sites is 3. The monoisotopic (exact) mass is 428 g/mol. The molecule has 0 saturated carbocycles. The number of hydrogen-bond acceptors (Lipinski definition) is 4. The van der Waals surface area contributed by atoms with Crippen LogP contribution in [0, 0.1) is 0 Å². The Balaban J connectivity index is 1.51. The van der Waals surface area contributed by atoms with E-state index < -0.39 is 17.6 Å². The molecule has 4 aromatic rings. The van der Waals surface area contributed by atoms with Gasteiger partial charge in [0.2, 0.25) is 5.91 Å². The standard InChI is InChI=1S/C21H15F3N4OS/c22-21(23,24)14-7-1-2-8-15(14)26-18(29)12-30-20-13(6-5-11-25-20)19-27-16-9-3-4-10-17(16)28-19/h1-11H,12H2,(H,26,29)(H,27,28). The van der Waals surface area contributed by atoms with Gasteiger partial charge in [-0.1, -0.05) is 36.0 Å². The minimum Gasteiger partial charge on any atom is -0.338 e. The number of pyridine rings is 1. The molecule has 0 aliphatic heterocycles. The molecule has 0 aliphatic carbocycles. The van der Waals surface area contributed by atoms with Gasteiger partial charge in [0.05, 0.1) is 28.0 Å². The summed E-state index contributed by atoms with van der Waals surface area (Å²) in [6.07, 6.45) is -2.96. The molecule has 0 radical (unpaired) electrons. The number of halogens is 3. The molecule has 2 aromatic carbocycles. The summed E-state index contributed by atoms with van der Waals surface area (Å²) in [5, 5.41) is 2.89. The molecule has 9 heteroatoms. The molecule has 0 fully saturated rings. The zero-order chi connectivity index (χ0) is 21.1. The molecular formula is C21H15F3N4OS. The van der Waals surface area contributed by atoms with Crippen molar-refractivity contribution in [2.45, 2.75) is 11.2 Å². The lowest BCUT2D eigenvalue weighted by Gasteiger charge is -2.13. The van der Waals surface area contributed by atoms with Crippen molar-refractivity contribution in [3.63, 3.8) is 0 Å². The number of aromatic amines is 1. The Bertz CT molecular complexity index is 1170. The topological polar surface area (TPSA) is 70.7 Å². The zero-order valence-corrected chi connectivity index (χ0v) is 16.2. The minimum absolute atomic E-state index is 0.101. The summed E-state index contributed by atoms with van der Waals surface area (Å²) in [6.45, 7) is 0. The van der Waals surface area contributed by atoms with Crippen LogP contribution in [0.25, 0.3) is 22.4 Å². The highest BCUT2D eigenvalue weighted by molar-refractivity contribution is 8.00. The number of amides is 1. The Labute approximate surface area is 173 Å². The molecule has 152 valence electrons. The molecule has 0 unspecified atom stereocenters. The molecule has 2 heterocycles. The Morgan fingerprint density at radius 2 is 1.80 bits per heavy atom. The van der Waals surface area contributed by atoms with Crippen molar-refractivity contribution >= 4 is 34.4 Å². The van der Waals surface area contributed by atoms with Crippen molar-refractivity contribution in [1.29, 1.82) is 0 Å². The van der Waals surface area contributed by atoms with Crippen LogP contribution in [0.15, 0.2) is 71.9 Å². The Hall–Kier alpha value is -3.33. The van der Waals surface area contributed by atoms with Crippen molar-refractivity contribution in [2.75, 3.05) is 11.1 Å². The van der Waals surface area contributed by atoms with Crippen LogP contribution in [0.3, 0.4) is 0 Å². The Kier molecular flexibility index (Phi) is 5.45. The van der Waals surface area contributed by atoms with Crippen LogP contribution in [0.1, 0.15) is 5.56 Å². The van der Waals surface area contributed by atoms with Crippen molar-refractivity contribution < 1.29 is 18.0 Å². The summed E-state index contributed by atoms with van der Waals surface area (Å²) < 4.78 is 39.3. The lowest BCUT2D eigenvalue weighted by molar-refractivity contribution is -0.137. The number of H-pyrrole nitrogens is 1. The zero-order valence-electron chi connectivity index (χ0n) is 15.4. The fourth-order valence-electron chi connectivity index (χ4n) is 2.93. The second kappa shape index (κ2) is 8.19. The first kappa shape index (κ1) is 20.0. The van der Waals surface area contributed by atoms with Gasteiger partial charge in [-0.3, -0.25) is 4.79 Å². The smallest absolute Gasteiger partial charge is 0.338 e. The van der Waals surface area contributed by atoms with E-state index in [2.05, 4.69) is 20.3 Å². The number of aromatic nitrogens is 3. The summed E-state index contributed by atoms with van der Waals surface area (Å²) in [4.78, 5) is 24.4. The number of rotatable bonds is 5. The van der Waals surface area contributed by atoms with Crippen LogP contribution in [-0.4, -0.2) is 26.6 Å². The quantitative estimate of drug-likeness (QED) is 0.419. The lowest BCUT2D eigenvalue weighted by atomic mass is 10.1. The van der Waals surface area contributed by atoms with E-state index in [4.69, 9.17) is 0 Å². The van der Waals surface area contributed by atoms with Gasteiger partial charge in [0, 0.05) is 11.8 Å². The number of nitrogens with zero attached hydrogens (tertiary/aromatic N) is 2. The van der Waals surface area contributed by atoms with E-state index >= 15 is 0 Å². The first-order valence-corrected chi connectivity index (χ1v) is 9.89. The van der Waals surface area contributed by atoms with Gasteiger partial charge in [0.25, 0.3) is 0 Å². The summed E-state index contributed by atoms with van der Waals surface area (Å²) in [7, 11) is 0. The van der Waals surface area contributed by atoms with Crippen molar-refractivity contribution in [2.24, 2.45) is 0 Å². The Morgan fingerprint density at radius 3 is 2.60 bits per heavy atom. The maximum absolute atomic E-state index is 13.1. The summed E-state index contributed by atoms with van der Waals surface area (Å²) >= 11 is 1.13. The van der Waals surface area contributed by atoms with Crippen molar-refractivity contribution in [3.05, 3.63) is 72.4 Å². The van der Waals surface area contributed by atoms with E-state index in [0.29, 0.717) is 16.4 Å². The van der Waals surface area contributed by atoms with Gasteiger partial charge in [-0.2, -0.15) is 13.2 Å². The number of fused-ring (bicyclic) bond motifs is 1. The van der Waals surface area contributed by atoms with E-state index in [0.717, 1.165) is 28.9 Å². The summed E-state index contributed by atoms with van der Waals surface area (Å²) in [6, 6.07) is 16.0. The fourth-order valence-corrected chi connectivity index (χ4v) is 3.72. The second-order valence-corrected chi connectivity index (χ2v) is 7.30. The number of anilines is 1. The molecule has 0 aliphatic rings. The molecule has 0 bridgehead atoms. The van der Waals surface area contributed by atoms with Crippen LogP contribution in [0.4, 0.5) is 18.9 Å². The number of alkyl halides is 3. The van der Waals surface area contributed by atoms with Crippen LogP contribution in [-0.2, 0) is 11.0 Å². The minimum atomic E-state index is -4.55. The molecule has 2 N–H and O–H groups in total. The molecule has 30 heavy (non-hydrogen) atoms. The maximum Gasteiger partial charge on any atom is 0.418 e. The predicted octanol–water partition coefficient (Wildman–Crippen LogP) is 5.37. The van der Waals surface area contributed by atoms with Crippen molar-refractivity contribution in [1.82, 2.24) is 15.0 Å². The number of nitrogens with one attached hydrogen (secondary N) is 2. The van der Waals surface area contributed by atoms with E-state index in [1.54, 1.807) is 12.3 Å². The molecule has 0 spiro atoms. The van der Waals surface area contributed by atoms with Gasteiger partial charge in [-0.15, -0.1) is 0 Å². The summed E-state index contributed by atoms with van der Waals surface area (Å²) in [5.74, 6) is -0.0521. The van der Waals surface area contributed by atoms with Crippen molar-refractivity contribution in [3.8, 4) is 11.4 Å². The fraction of sp³-hybridized carbons (Fsp3) is 0.0952. The highest BCUT2D eigenvalue weighted by atomic mass is 32.2. The normalized spacial score (nSPS) is 11.6. The molecule has 0 saturated heterocycles.